The lowest BCUT2D eigenvalue weighted by Crippen LogP contribution is -2.33. The van der Waals surface area contributed by atoms with Gasteiger partial charge in [0.1, 0.15) is 0 Å². The number of thioether (sulfide) groups is 1. The first-order valence-electron chi connectivity index (χ1n) is 6.80. The summed E-state index contributed by atoms with van der Waals surface area (Å²) in [7, 11) is 0. The lowest BCUT2D eigenvalue weighted by molar-refractivity contribution is -0.142. The molecule has 0 saturated carbocycles. The summed E-state index contributed by atoms with van der Waals surface area (Å²) in [6, 6.07) is 7.78. The minimum absolute atomic E-state index is 0.217. The molecule has 0 radical (unpaired) electrons. The predicted molar refractivity (Wildman–Crippen MR) is 81.8 cm³/mol. The van der Waals surface area contributed by atoms with E-state index < -0.39 is 12.0 Å². The molecule has 1 aromatic carbocycles. The van der Waals surface area contributed by atoms with Crippen LogP contribution in [0.15, 0.2) is 30.3 Å². The van der Waals surface area contributed by atoms with Gasteiger partial charge in [0.25, 0.3) is 0 Å². The highest BCUT2D eigenvalue weighted by Crippen LogP contribution is 2.13. The van der Waals surface area contributed by atoms with Gasteiger partial charge in [-0.2, -0.15) is 11.8 Å². The Morgan fingerprint density at radius 3 is 2.55 bits per heavy atom. The van der Waals surface area contributed by atoms with Crippen molar-refractivity contribution in [3.8, 4) is 0 Å². The van der Waals surface area contributed by atoms with Crippen LogP contribution in [-0.2, 0) is 9.59 Å². The average Bonchev–Trinajstić information content (AvgIpc) is 2.45. The number of unbranched alkanes of at least 4 members (excludes halogenated alkanes) is 1. The standard InChI is InChI=1S/C15H21NO3S/c1-2-3-10-20-11-9-13(17)16-14(15(18)19)12-7-5-4-6-8-12/h4-8,14H,2-3,9-11H2,1H3,(H,16,17)(H,18,19). The fraction of sp³-hybridized carbons (Fsp3) is 0.467. The highest BCUT2D eigenvalue weighted by Gasteiger charge is 2.21. The zero-order valence-electron chi connectivity index (χ0n) is 11.7. The molecule has 4 nitrogen and oxygen atoms in total. The van der Waals surface area contributed by atoms with Crippen LogP contribution >= 0.6 is 11.8 Å². The van der Waals surface area contributed by atoms with Crippen molar-refractivity contribution >= 4 is 23.6 Å². The van der Waals surface area contributed by atoms with Crippen molar-refractivity contribution in [2.45, 2.75) is 32.2 Å². The molecule has 110 valence electrons. The Morgan fingerprint density at radius 1 is 1.25 bits per heavy atom. The number of carboxylic acid groups (broad SMARTS) is 1. The molecule has 5 heteroatoms. The summed E-state index contributed by atoms with van der Waals surface area (Å²) in [5, 5.41) is 11.8. The highest BCUT2D eigenvalue weighted by molar-refractivity contribution is 7.99. The van der Waals surface area contributed by atoms with E-state index in [2.05, 4.69) is 12.2 Å². The molecular weight excluding hydrogens is 274 g/mol. The van der Waals surface area contributed by atoms with E-state index in [4.69, 9.17) is 0 Å². The van der Waals surface area contributed by atoms with Gasteiger partial charge >= 0.3 is 5.97 Å². The van der Waals surface area contributed by atoms with Gasteiger partial charge in [-0.05, 0) is 17.7 Å². The Labute approximate surface area is 124 Å². The van der Waals surface area contributed by atoms with E-state index in [1.807, 2.05) is 6.07 Å². The van der Waals surface area contributed by atoms with Crippen molar-refractivity contribution in [3.63, 3.8) is 0 Å². The summed E-state index contributed by atoms with van der Waals surface area (Å²) in [6.45, 7) is 2.13. The van der Waals surface area contributed by atoms with E-state index in [9.17, 15) is 14.7 Å². The molecule has 1 atom stereocenters. The molecule has 0 aromatic heterocycles. The lowest BCUT2D eigenvalue weighted by atomic mass is 10.1. The van der Waals surface area contributed by atoms with Crippen LogP contribution in [0.5, 0.6) is 0 Å². The SMILES string of the molecule is CCCCSCCC(=O)NC(C(=O)O)c1ccccc1. The van der Waals surface area contributed by atoms with Gasteiger partial charge in [0.15, 0.2) is 6.04 Å². The third-order valence-electron chi connectivity index (χ3n) is 2.80. The molecule has 0 fully saturated rings. The van der Waals surface area contributed by atoms with Crippen LogP contribution < -0.4 is 5.32 Å². The van der Waals surface area contributed by atoms with Crippen LogP contribution in [-0.4, -0.2) is 28.5 Å². The number of carboxylic acids is 1. The van der Waals surface area contributed by atoms with Gasteiger partial charge in [-0.3, -0.25) is 4.79 Å². The Morgan fingerprint density at radius 2 is 1.95 bits per heavy atom. The summed E-state index contributed by atoms with van der Waals surface area (Å²) in [6.07, 6.45) is 2.65. The maximum absolute atomic E-state index is 11.8. The second kappa shape index (κ2) is 9.42. The van der Waals surface area contributed by atoms with Crippen LogP contribution in [0.2, 0.25) is 0 Å². The Bertz CT molecular complexity index is 422. The molecule has 0 saturated heterocycles. The predicted octanol–water partition coefficient (Wildman–Crippen LogP) is 2.85. The van der Waals surface area contributed by atoms with Gasteiger partial charge in [-0.1, -0.05) is 43.7 Å². The van der Waals surface area contributed by atoms with Crippen molar-refractivity contribution in [1.82, 2.24) is 5.32 Å². The summed E-state index contributed by atoms with van der Waals surface area (Å²) in [5.74, 6) is 0.520. The molecule has 0 aliphatic heterocycles. The number of rotatable bonds is 9. The molecule has 2 N–H and O–H groups in total. The molecule has 1 amide bonds. The number of amides is 1. The smallest absolute Gasteiger partial charge is 0.330 e. The van der Waals surface area contributed by atoms with Crippen LogP contribution in [0.4, 0.5) is 0 Å². The maximum Gasteiger partial charge on any atom is 0.330 e. The third kappa shape index (κ3) is 6.10. The molecule has 1 unspecified atom stereocenters. The zero-order chi connectivity index (χ0) is 14.8. The van der Waals surface area contributed by atoms with Crippen molar-refractivity contribution in [2.75, 3.05) is 11.5 Å². The van der Waals surface area contributed by atoms with Gasteiger partial charge in [0.05, 0.1) is 0 Å². The summed E-state index contributed by atoms with van der Waals surface area (Å²) >= 11 is 1.73. The number of benzene rings is 1. The first kappa shape index (κ1) is 16.6. The minimum atomic E-state index is -1.04. The maximum atomic E-state index is 11.8. The number of nitrogens with one attached hydrogen (secondary N) is 1. The van der Waals surface area contributed by atoms with Gasteiger partial charge in [-0.15, -0.1) is 0 Å². The fourth-order valence-electron chi connectivity index (χ4n) is 1.68. The first-order chi connectivity index (χ1) is 9.65. The minimum Gasteiger partial charge on any atom is -0.479 e. The number of hydrogen-bond donors (Lipinski definition) is 2. The zero-order valence-corrected chi connectivity index (χ0v) is 12.5. The van der Waals surface area contributed by atoms with E-state index in [1.165, 1.54) is 0 Å². The Hall–Kier alpha value is -1.49. The average molecular weight is 295 g/mol. The quantitative estimate of drug-likeness (QED) is 0.687. The number of carbonyl (C=O) groups is 2. The summed E-state index contributed by atoms with van der Waals surface area (Å²) in [4.78, 5) is 23.0. The topological polar surface area (TPSA) is 66.4 Å². The highest BCUT2D eigenvalue weighted by atomic mass is 32.2. The molecule has 1 aromatic rings. The van der Waals surface area contributed by atoms with Gasteiger partial charge in [0.2, 0.25) is 5.91 Å². The normalized spacial score (nSPS) is 11.8. The van der Waals surface area contributed by atoms with Gasteiger partial charge in [0, 0.05) is 12.2 Å². The lowest BCUT2D eigenvalue weighted by Gasteiger charge is -2.14. The fourth-order valence-corrected chi connectivity index (χ4v) is 2.71. The molecule has 1 rings (SSSR count). The van der Waals surface area contributed by atoms with Crippen molar-refractivity contribution in [3.05, 3.63) is 35.9 Å². The third-order valence-corrected chi connectivity index (χ3v) is 3.87. The van der Waals surface area contributed by atoms with E-state index in [-0.39, 0.29) is 5.91 Å². The van der Waals surface area contributed by atoms with E-state index in [1.54, 1.807) is 36.0 Å². The Kier molecular flexibility index (Phi) is 7.80. The van der Waals surface area contributed by atoms with Crippen molar-refractivity contribution in [2.24, 2.45) is 0 Å². The number of aliphatic carboxylic acids is 1. The molecule has 20 heavy (non-hydrogen) atoms. The molecular formula is C15H21NO3S. The van der Waals surface area contributed by atoms with Crippen molar-refractivity contribution < 1.29 is 14.7 Å². The van der Waals surface area contributed by atoms with E-state index in [0.29, 0.717) is 12.0 Å². The molecule has 0 bridgehead atoms. The van der Waals surface area contributed by atoms with Gasteiger partial charge < -0.3 is 10.4 Å². The summed E-state index contributed by atoms with van der Waals surface area (Å²) in [5.41, 5.74) is 0.590. The van der Waals surface area contributed by atoms with Gasteiger partial charge in [-0.25, -0.2) is 4.79 Å². The molecule has 0 aliphatic rings. The van der Waals surface area contributed by atoms with Crippen LogP contribution in [0.3, 0.4) is 0 Å². The second-order valence-corrected chi connectivity index (χ2v) is 5.69. The van der Waals surface area contributed by atoms with E-state index >= 15 is 0 Å². The number of carbonyl (C=O) groups excluding carboxylic acids is 1. The molecule has 0 spiro atoms. The summed E-state index contributed by atoms with van der Waals surface area (Å²) < 4.78 is 0. The monoisotopic (exact) mass is 295 g/mol. The Balaban J connectivity index is 2.43. The second-order valence-electron chi connectivity index (χ2n) is 4.47. The first-order valence-corrected chi connectivity index (χ1v) is 7.95. The van der Waals surface area contributed by atoms with Crippen LogP contribution in [0.1, 0.15) is 37.8 Å². The molecule has 0 heterocycles. The largest absolute Gasteiger partial charge is 0.479 e. The number of hydrogen-bond acceptors (Lipinski definition) is 3. The van der Waals surface area contributed by atoms with Crippen LogP contribution in [0.25, 0.3) is 0 Å². The van der Waals surface area contributed by atoms with Crippen molar-refractivity contribution in [1.29, 1.82) is 0 Å². The van der Waals surface area contributed by atoms with Crippen LogP contribution in [0, 0.1) is 0 Å². The van der Waals surface area contributed by atoms with E-state index in [0.717, 1.165) is 24.3 Å². The molecule has 0 aliphatic carbocycles.